The molecule has 0 spiro atoms. The maximum absolute atomic E-state index is 5.97. The molecule has 0 radical (unpaired) electrons. The molecule has 0 saturated heterocycles. The van der Waals surface area contributed by atoms with Crippen molar-refractivity contribution in [1.82, 2.24) is 4.98 Å². The molecule has 1 aromatic heterocycles. The van der Waals surface area contributed by atoms with Gasteiger partial charge in [-0.05, 0) is 47.6 Å². The monoisotopic (exact) mass is 260 g/mol. The van der Waals surface area contributed by atoms with Crippen LogP contribution >= 0.6 is 22.6 Å². The Morgan fingerprint density at radius 2 is 2.27 bits per heavy atom. The fourth-order valence-corrected chi connectivity index (χ4v) is 1.52. The van der Waals surface area contributed by atoms with Gasteiger partial charge in [-0.25, -0.2) is 0 Å². The Bertz CT molecular complexity index is 281. The van der Waals surface area contributed by atoms with Gasteiger partial charge in [0.2, 0.25) is 0 Å². The first kappa shape index (κ1) is 7.49. The van der Waals surface area contributed by atoms with Crippen LogP contribution in [0.5, 0.6) is 0 Å². The number of nitrogens with zero attached hydrogens (tertiary/aromatic N) is 1. The number of rotatable bonds is 1. The zero-order chi connectivity index (χ0) is 7.90. The number of pyridine rings is 1. The van der Waals surface area contributed by atoms with Gasteiger partial charge in [0, 0.05) is 9.77 Å². The second-order valence-corrected chi connectivity index (χ2v) is 4.26. The summed E-state index contributed by atoms with van der Waals surface area (Å²) in [4.78, 5) is 4.24. The molecule has 0 atom stereocenters. The van der Waals surface area contributed by atoms with Crippen LogP contribution in [0.2, 0.25) is 0 Å². The van der Waals surface area contributed by atoms with Gasteiger partial charge in [-0.1, -0.05) is 0 Å². The van der Waals surface area contributed by atoms with Crippen molar-refractivity contribution in [2.45, 2.75) is 18.4 Å². The summed E-state index contributed by atoms with van der Waals surface area (Å²) in [6, 6.07) is 4.04. The maximum atomic E-state index is 5.97. The molecule has 58 valence electrons. The summed E-state index contributed by atoms with van der Waals surface area (Å²) in [5.74, 6) is 0. The second kappa shape index (κ2) is 2.42. The van der Waals surface area contributed by atoms with Crippen molar-refractivity contribution >= 4 is 22.6 Å². The van der Waals surface area contributed by atoms with E-state index in [0.29, 0.717) is 0 Å². The van der Waals surface area contributed by atoms with Crippen LogP contribution < -0.4 is 5.73 Å². The van der Waals surface area contributed by atoms with E-state index in [2.05, 4.69) is 33.6 Å². The minimum Gasteiger partial charge on any atom is -0.320 e. The van der Waals surface area contributed by atoms with Crippen molar-refractivity contribution in [3.63, 3.8) is 0 Å². The Hall–Kier alpha value is -0.160. The predicted octanol–water partition coefficient (Wildman–Crippen LogP) is 1.63. The van der Waals surface area contributed by atoms with E-state index in [1.807, 2.05) is 12.3 Å². The van der Waals surface area contributed by atoms with Gasteiger partial charge < -0.3 is 5.73 Å². The second-order valence-electron chi connectivity index (χ2n) is 3.02. The number of aromatic nitrogens is 1. The highest BCUT2D eigenvalue weighted by Crippen LogP contribution is 2.41. The SMILES string of the molecule is NC1(c2cc(I)ccn2)CC1. The minimum atomic E-state index is -0.0822. The molecule has 1 aliphatic carbocycles. The van der Waals surface area contributed by atoms with Crippen molar-refractivity contribution in [1.29, 1.82) is 0 Å². The molecule has 1 fully saturated rings. The van der Waals surface area contributed by atoms with Crippen molar-refractivity contribution in [3.05, 3.63) is 27.6 Å². The number of hydrogen-bond acceptors (Lipinski definition) is 2. The molecule has 2 N–H and O–H groups in total. The molecule has 1 saturated carbocycles. The first-order chi connectivity index (χ1) is 5.21. The van der Waals surface area contributed by atoms with Gasteiger partial charge in [-0.3, -0.25) is 4.98 Å². The largest absolute Gasteiger partial charge is 0.320 e. The summed E-state index contributed by atoms with van der Waals surface area (Å²) in [6.07, 6.45) is 3.99. The van der Waals surface area contributed by atoms with Crippen LogP contribution in [-0.2, 0) is 5.54 Å². The van der Waals surface area contributed by atoms with Gasteiger partial charge in [-0.15, -0.1) is 0 Å². The van der Waals surface area contributed by atoms with E-state index in [9.17, 15) is 0 Å². The fourth-order valence-electron chi connectivity index (χ4n) is 1.07. The molecule has 2 nitrogen and oxygen atoms in total. The number of halogens is 1. The Labute approximate surface area is 79.3 Å². The summed E-state index contributed by atoms with van der Waals surface area (Å²) in [7, 11) is 0. The highest BCUT2D eigenvalue weighted by atomic mass is 127. The van der Waals surface area contributed by atoms with Crippen LogP contribution in [0, 0.1) is 3.57 Å². The van der Waals surface area contributed by atoms with Gasteiger partial charge in [-0.2, -0.15) is 0 Å². The lowest BCUT2D eigenvalue weighted by Crippen LogP contribution is -2.20. The minimum absolute atomic E-state index is 0.0822. The van der Waals surface area contributed by atoms with Crippen molar-refractivity contribution in [3.8, 4) is 0 Å². The fraction of sp³-hybridized carbons (Fsp3) is 0.375. The molecular formula is C8H9IN2. The standard InChI is InChI=1S/C8H9IN2/c9-6-1-4-11-7(5-6)8(10)2-3-8/h1,4-5H,2-3,10H2. The van der Waals surface area contributed by atoms with E-state index >= 15 is 0 Å². The Balaban J connectivity index is 2.38. The van der Waals surface area contributed by atoms with Gasteiger partial charge in [0.05, 0.1) is 11.2 Å². The van der Waals surface area contributed by atoms with Gasteiger partial charge in [0.1, 0.15) is 0 Å². The molecule has 3 heteroatoms. The quantitative estimate of drug-likeness (QED) is 0.779. The summed E-state index contributed by atoms with van der Waals surface area (Å²) < 4.78 is 1.21. The van der Waals surface area contributed by atoms with E-state index in [1.54, 1.807) is 0 Å². The number of nitrogens with two attached hydrogens (primary N) is 1. The van der Waals surface area contributed by atoms with Gasteiger partial charge in [0.25, 0.3) is 0 Å². The molecule has 11 heavy (non-hydrogen) atoms. The van der Waals surface area contributed by atoms with E-state index in [4.69, 9.17) is 5.73 Å². The summed E-state index contributed by atoms with van der Waals surface area (Å²) in [5, 5.41) is 0. The van der Waals surface area contributed by atoms with Gasteiger partial charge in [0.15, 0.2) is 0 Å². The lowest BCUT2D eigenvalue weighted by Gasteiger charge is -2.06. The molecule has 1 aromatic rings. The molecule has 0 amide bonds. The van der Waals surface area contributed by atoms with E-state index < -0.39 is 0 Å². The molecule has 0 aromatic carbocycles. The first-order valence-electron chi connectivity index (χ1n) is 3.62. The molecule has 1 heterocycles. The third kappa shape index (κ3) is 1.39. The Morgan fingerprint density at radius 3 is 2.82 bits per heavy atom. The van der Waals surface area contributed by atoms with Crippen molar-refractivity contribution < 1.29 is 0 Å². The third-order valence-corrected chi connectivity index (χ3v) is 2.69. The lowest BCUT2D eigenvalue weighted by atomic mass is 10.2. The first-order valence-corrected chi connectivity index (χ1v) is 4.69. The van der Waals surface area contributed by atoms with Crippen LogP contribution in [0.4, 0.5) is 0 Å². The topological polar surface area (TPSA) is 38.9 Å². The lowest BCUT2D eigenvalue weighted by molar-refractivity contribution is 0.707. The molecule has 0 unspecified atom stereocenters. The maximum Gasteiger partial charge on any atom is 0.0612 e. The van der Waals surface area contributed by atoms with Crippen LogP contribution in [-0.4, -0.2) is 4.98 Å². The summed E-state index contributed by atoms with van der Waals surface area (Å²) in [5.41, 5.74) is 6.93. The van der Waals surface area contributed by atoms with E-state index in [1.165, 1.54) is 3.57 Å². The highest BCUT2D eigenvalue weighted by Gasteiger charge is 2.41. The van der Waals surface area contributed by atoms with E-state index in [0.717, 1.165) is 18.5 Å². The zero-order valence-electron chi connectivity index (χ0n) is 6.05. The summed E-state index contributed by atoms with van der Waals surface area (Å²) >= 11 is 2.28. The van der Waals surface area contributed by atoms with Crippen molar-refractivity contribution in [2.75, 3.05) is 0 Å². The molecule has 1 aliphatic rings. The third-order valence-electron chi connectivity index (χ3n) is 2.02. The molecular weight excluding hydrogens is 251 g/mol. The Morgan fingerprint density at radius 1 is 1.55 bits per heavy atom. The van der Waals surface area contributed by atoms with E-state index in [-0.39, 0.29) is 5.54 Å². The van der Waals surface area contributed by atoms with Crippen molar-refractivity contribution in [2.24, 2.45) is 5.73 Å². The molecule has 0 aliphatic heterocycles. The smallest absolute Gasteiger partial charge is 0.0612 e. The Kier molecular flexibility index (Phi) is 1.64. The summed E-state index contributed by atoms with van der Waals surface area (Å²) in [6.45, 7) is 0. The predicted molar refractivity (Wildman–Crippen MR) is 52.1 cm³/mol. The average Bonchev–Trinajstić information content (AvgIpc) is 2.70. The van der Waals surface area contributed by atoms with Crippen LogP contribution in [0.25, 0.3) is 0 Å². The zero-order valence-corrected chi connectivity index (χ0v) is 8.21. The average molecular weight is 260 g/mol. The van der Waals surface area contributed by atoms with Crippen LogP contribution in [0.3, 0.4) is 0 Å². The highest BCUT2D eigenvalue weighted by molar-refractivity contribution is 14.1. The molecule has 2 rings (SSSR count). The van der Waals surface area contributed by atoms with Crippen LogP contribution in [0.15, 0.2) is 18.3 Å². The van der Waals surface area contributed by atoms with Gasteiger partial charge >= 0.3 is 0 Å². The number of hydrogen-bond donors (Lipinski definition) is 1. The normalized spacial score (nSPS) is 19.8. The van der Waals surface area contributed by atoms with Crippen LogP contribution in [0.1, 0.15) is 18.5 Å². The molecule has 0 bridgehead atoms.